The van der Waals surface area contributed by atoms with Crippen LogP contribution in [0.5, 0.6) is 5.75 Å². The van der Waals surface area contributed by atoms with E-state index in [-0.39, 0.29) is 36.3 Å². The summed E-state index contributed by atoms with van der Waals surface area (Å²) < 4.78 is 29.5. The van der Waals surface area contributed by atoms with Gasteiger partial charge in [-0.15, -0.1) is 24.0 Å². The van der Waals surface area contributed by atoms with Crippen molar-refractivity contribution < 1.29 is 13.5 Å². The zero-order valence-corrected chi connectivity index (χ0v) is 17.4. The van der Waals surface area contributed by atoms with Crippen LogP contribution in [0.15, 0.2) is 23.2 Å². The van der Waals surface area contributed by atoms with E-state index in [0.717, 1.165) is 30.8 Å². The summed E-state index contributed by atoms with van der Waals surface area (Å²) in [5, 5.41) is 6.38. The van der Waals surface area contributed by atoms with E-state index in [2.05, 4.69) is 26.6 Å². The molecular formula is C16H26F2IN3OS. The van der Waals surface area contributed by atoms with E-state index in [1.807, 2.05) is 19.9 Å². The molecule has 0 aliphatic carbocycles. The van der Waals surface area contributed by atoms with Crippen LogP contribution >= 0.6 is 35.7 Å². The van der Waals surface area contributed by atoms with Crippen molar-refractivity contribution in [2.45, 2.75) is 33.4 Å². The molecule has 1 aromatic carbocycles. The third kappa shape index (κ3) is 9.51. The minimum atomic E-state index is -2.83. The number of hydrogen-bond acceptors (Lipinski definition) is 3. The Morgan fingerprint density at radius 2 is 2.08 bits per heavy atom. The third-order valence-corrected chi connectivity index (χ3v) is 3.70. The largest absolute Gasteiger partial charge is 0.434 e. The lowest BCUT2D eigenvalue weighted by molar-refractivity contribution is -0.0504. The van der Waals surface area contributed by atoms with Gasteiger partial charge in [0.25, 0.3) is 0 Å². The van der Waals surface area contributed by atoms with Gasteiger partial charge in [0.1, 0.15) is 5.75 Å². The second kappa shape index (κ2) is 13.5. The summed E-state index contributed by atoms with van der Waals surface area (Å²) in [6.07, 6.45) is 3.11. The summed E-state index contributed by atoms with van der Waals surface area (Å²) in [5.74, 6) is 1.93. The monoisotopic (exact) mass is 473 g/mol. The van der Waals surface area contributed by atoms with Gasteiger partial charge in [0, 0.05) is 18.7 Å². The molecule has 2 N–H and O–H groups in total. The van der Waals surface area contributed by atoms with Crippen LogP contribution in [0.25, 0.3) is 0 Å². The van der Waals surface area contributed by atoms with E-state index in [1.54, 1.807) is 23.9 Å². The van der Waals surface area contributed by atoms with E-state index < -0.39 is 6.61 Å². The Kier molecular flexibility index (Phi) is 13.1. The number of aryl methyl sites for hydroxylation is 1. The van der Waals surface area contributed by atoms with Gasteiger partial charge in [-0.2, -0.15) is 20.5 Å². The topological polar surface area (TPSA) is 45.7 Å². The number of nitrogens with zero attached hydrogens (tertiary/aromatic N) is 1. The highest BCUT2D eigenvalue weighted by Gasteiger charge is 2.10. The molecule has 0 spiro atoms. The number of guanidine groups is 1. The van der Waals surface area contributed by atoms with Crippen LogP contribution in [0.2, 0.25) is 0 Å². The summed E-state index contributed by atoms with van der Waals surface area (Å²) in [7, 11) is 0. The van der Waals surface area contributed by atoms with E-state index in [9.17, 15) is 8.78 Å². The summed E-state index contributed by atoms with van der Waals surface area (Å²) in [6.45, 7) is 2.89. The summed E-state index contributed by atoms with van der Waals surface area (Å²) >= 11 is 1.80. The van der Waals surface area contributed by atoms with Crippen molar-refractivity contribution in [3.63, 3.8) is 0 Å². The highest BCUT2D eigenvalue weighted by atomic mass is 127. The van der Waals surface area contributed by atoms with Crippen LogP contribution in [-0.2, 0) is 6.54 Å². The second-order valence-electron chi connectivity index (χ2n) is 4.96. The number of ether oxygens (including phenoxy) is 1. The van der Waals surface area contributed by atoms with Crippen LogP contribution < -0.4 is 15.4 Å². The molecule has 0 bridgehead atoms. The maximum Gasteiger partial charge on any atom is 0.387 e. The van der Waals surface area contributed by atoms with E-state index in [1.165, 1.54) is 0 Å². The van der Waals surface area contributed by atoms with E-state index >= 15 is 0 Å². The van der Waals surface area contributed by atoms with Gasteiger partial charge in [0.05, 0.1) is 6.54 Å². The quantitative estimate of drug-likeness (QED) is 0.246. The Hall–Kier alpha value is -0.770. The van der Waals surface area contributed by atoms with Gasteiger partial charge in [-0.1, -0.05) is 17.7 Å². The van der Waals surface area contributed by atoms with Gasteiger partial charge in [-0.05, 0) is 38.3 Å². The number of nitrogens with one attached hydrogen (secondary N) is 2. The first kappa shape index (κ1) is 23.2. The van der Waals surface area contributed by atoms with Crippen molar-refractivity contribution in [3.05, 3.63) is 29.3 Å². The Morgan fingerprint density at radius 3 is 2.71 bits per heavy atom. The number of halogens is 3. The molecule has 0 aromatic heterocycles. The highest BCUT2D eigenvalue weighted by Crippen LogP contribution is 2.22. The van der Waals surface area contributed by atoms with E-state index in [4.69, 9.17) is 0 Å². The smallest absolute Gasteiger partial charge is 0.387 e. The number of benzene rings is 1. The Morgan fingerprint density at radius 1 is 1.33 bits per heavy atom. The first-order valence-electron chi connectivity index (χ1n) is 7.62. The number of aliphatic imine (C=N–C) groups is 1. The predicted molar refractivity (Wildman–Crippen MR) is 109 cm³/mol. The van der Waals surface area contributed by atoms with Crippen molar-refractivity contribution in [2.24, 2.45) is 4.99 Å². The highest BCUT2D eigenvalue weighted by molar-refractivity contribution is 14.0. The van der Waals surface area contributed by atoms with Gasteiger partial charge in [0.2, 0.25) is 0 Å². The van der Waals surface area contributed by atoms with Crippen LogP contribution in [0, 0.1) is 6.92 Å². The Labute approximate surface area is 164 Å². The molecule has 0 amide bonds. The lowest BCUT2D eigenvalue weighted by Gasteiger charge is -2.13. The van der Waals surface area contributed by atoms with Crippen molar-refractivity contribution in [2.75, 3.05) is 25.1 Å². The molecule has 138 valence electrons. The zero-order valence-electron chi connectivity index (χ0n) is 14.3. The first-order valence-corrected chi connectivity index (χ1v) is 9.01. The Bertz CT molecular complexity index is 504. The number of rotatable bonds is 9. The van der Waals surface area contributed by atoms with Crippen LogP contribution in [0.1, 0.15) is 24.5 Å². The minimum Gasteiger partial charge on any atom is -0.434 e. The van der Waals surface area contributed by atoms with Gasteiger partial charge in [0.15, 0.2) is 5.96 Å². The van der Waals surface area contributed by atoms with Gasteiger partial charge >= 0.3 is 6.61 Å². The van der Waals surface area contributed by atoms with Crippen molar-refractivity contribution in [3.8, 4) is 5.75 Å². The summed E-state index contributed by atoms with van der Waals surface area (Å²) in [5.41, 5.74) is 1.63. The molecule has 0 atom stereocenters. The molecule has 0 heterocycles. The molecule has 0 aliphatic rings. The molecule has 0 fully saturated rings. The predicted octanol–water partition coefficient (Wildman–Crippen LogP) is 4.02. The molecule has 0 radical (unpaired) electrons. The van der Waals surface area contributed by atoms with Crippen molar-refractivity contribution in [1.82, 2.24) is 10.6 Å². The maximum atomic E-state index is 12.5. The average molecular weight is 473 g/mol. The first-order chi connectivity index (χ1) is 11.1. The number of alkyl halides is 2. The Balaban J connectivity index is 0.00000529. The molecule has 1 aromatic rings. The third-order valence-electron chi connectivity index (χ3n) is 3.00. The van der Waals surface area contributed by atoms with Gasteiger partial charge in [-0.3, -0.25) is 0 Å². The molecule has 1 rings (SSSR count). The fourth-order valence-corrected chi connectivity index (χ4v) is 2.41. The normalized spacial score (nSPS) is 11.2. The lowest BCUT2D eigenvalue weighted by atomic mass is 10.1. The molecule has 0 aliphatic heterocycles. The summed E-state index contributed by atoms with van der Waals surface area (Å²) in [6, 6.07) is 5.13. The molecule has 0 saturated carbocycles. The van der Waals surface area contributed by atoms with E-state index in [0.29, 0.717) is 11.5 Å². The lowest BCUT2D eigenvalue weighted by Crippen LogP contribution is -2.37. The van der Waals surface area contributed by atoms with Crippen LogP contribution in [0.3, 0.4) is 0 Å². The van der Waals surface area contributed by atoms with Gasteiger partial charge in [-0.25, -0.2) is 4.99 Å². The number of hydrogen-bond donors (Lipinski definition) is 2. The van der Waals surface area contributed by atoms with Crippen LogP contribution in [-0.4, -0.2) is 37.7 Å². The van der Waals surface area contributed by atoms with Crippen LogP contribution in [0.4, 0.5) is 8.78 Å². The fourth-order valence-electron chi connectivity index (χ4n) is 1.97. The standard InChI is InChI=1S/C16H25F2N3OS.HI/c1-4-19-16(20-8-5-9-23-3)21-11-13-10-12(2)6-7-14(13)22-15(17)18;/h6-7,10,15H,4-5,8-9,11H2,1-3H3,(H2,19,20,21);1H. The SMILES string of the molecule is CCNC(=NCc1cc(C)ccc1OC(F)F)NCCCSC.I. The fraction of sp³-hybridized carbons (Fsp3) is 0.562. The molecule has 8 heteroatoms. The second-order valence-corrected chi connectivity index (χ2v) is 5.94. The zero-order chi connectivity index (χ0) is 17.1. The minimum absolute atomic E-state index is 0. The van der Waals surface area contributed by atoms with Crippen molar-refractivity contribution in [1.29, 1.82) is 0 Å². The summed E-state index contributed by atoms with van der Waals surface area (Å²) in [4.78, 5) is 4.45. The maximum absolute atomic E-state index is 12.5. The molecular weight excluding hydrogens is 447 g/mol. The molecule has 0 saturated heterocycles. The van der Waals surface area contributed by atoms with Crippen molar-refractivity contribution >= 4 is 41.7 Å². The average Bonchev–Trinajstić information content (AvgIpc) is 2.51. The molecule has 4 nitrogen and oxygen atoms in total. The van der Waals surface area contributed by atoms with Gasteiger partial charge < -0.3 is 15.4 Å². The molecule has 24 heavy (non-hydrogen) atoms. The number of thioether (sulfide) groups is 1. The molecule has 0 unspecified atom stereocenters.